The molecule has 1 amide bonds. The zero-order chi connectivity index (χ0) is 24.2. The van der Waals surface area contributed by atoms with Crippen molar-refractivity contribution < 1.29 is 13.2 Å². The lowest BCUT2D eigenvalue weighted by Gasteiger charge is -2.16. The molecule has 34 heavy (non-hydrogen) atoms. The molecule has 0 fully saturated rings. The summed E-state index contributed by atoms with van der Waals surface area (Å²) in [6.07, 6.45) is 0.779. The lowest BCUT2D eigenvalue weighted by molar-refractivity contribution is -0.113. The van der Waals surface area contributed by atoms with Gasteiger partial charge in [-0.2, -0.15) is 13.4 Å². The van der Waals surface area contributed by atoms with E-state index < -0.39 is 16.4 Å². The van der Waals surface area contributed by atoms with Crippen LogP contribution in [0.4, 0.5) is 11.4 Å². The van der Waals surface area contributed by atoms with Gasteiger partial charge in [0.05, 0.1) is 17.0 Å². The Hall–Kier alpha value is -3.75. The number of benzene rings is 3. The zero-order valence-electron chi connectivity index (χ0n) is 19.3. The molecule has 0 atom stereocenters. The van der Waals surface area contributed by atoms with Gasteiger partial charge in [0.2, 0.25) is 0 Å². The molecule has 7 nitrogen and oxygen atoms in total. The van der Waals surface area contributed by atoms with E-state index in [2.05, 4.69) is 14.7 Å². The highest BCUT2D eigenvalue weighted by Crippen LogP contribution is 2.42. The van der Waals surface area contributed by atoms with E-state index in [0.29, 0.717) is 22.5 Å². The molecule has 174 valence electrons. The van der Waals surface area contributed by atoms with Gasteiger partial charge < -0.3 is 10.2 Å². The molecule has 4 rings (SSSR count). The Bertz CT molecular complexity index is 1370. The molecule has 0 radical (unpaired) electrons. The summed E-state index contributed by atoms with van der Waals surface area (Å²) in [6.45, 7) is 2.85. The first-order chi connectivity index (χ1) is 16.4. The number of hydrogen-bond donors (Lipinski definition) is 1. The van der Waals surface area contributed by atoms with Crippen molar-refractivity contribution in [2.45, 2.75) is 19.9 Å². The van der Waals surface area contributed by atoms with Crippen LogP contribution in [0, 0.1) is 0 Å². The maximum atomic E-state index is 13.5. The van der Waals surface area contributed by atoms with E-state index in [1.165, 1.54) is 5.56 Å². The van der Waals surface area contributed by atoms with Crippen LogP contribution >= 0.6 is 0 Å². The summed E-state index contributed by atoms with van der Waals surface area (Å²) in [5, 5.41) is 4.38. The summed E-state index contributed by atoms with van der Waals surface area (Å²) in [5.74, 6) is -0.497. The van der Waals surface area contributed by atoms with Crippen molar-refractivity contribution >= 4 is 39.1 Å². The molecule has 1 aliphatic heterocycles. The van der Waals surface area contributed by atoms with Crippen molar-refractivity contribution in [3.05, 3.63) is 95.1 Å². The fraction of sp³-hybridized carbons (Fsp3) is 0.192. The van der Waals surface area contributed by atoms with Crippen molar-refractivity contribution in [3.63, 3.8) is 0 Å². The van der Waals surface area contributed by atoms with Gasteiger partial charge in [0, 0.05) is 17.8 Å². The predicted octanol–water partition coefficient (Wildman–Crippen LogP) is 4.62. The summed E-state index contributed by atoms with van der Waals surface area (Å²) in [4.78, 5) is 15.6. The number of amides is 1. The molecule has 0 unspecified atom stereocenters. The van der Waals surface area contributed by atoms with Gasteiger partial charge in [-0.15, -0.1) is 0 Å². The number of anilines is 2. The second-order valence-electron chi connectivity index (χ2n) is 8.30. The lowest BCUT2D eigenvalue weighted by Crippen LogP contribution is -2.20. The van der Waals surface area contributed by atoms with Crippen molar-refractivity contribution in [3.8, 4) is 0 Å². The van der Waals surface area contributed by atoms with Crippen LogP contribution in [-0.2, 0) is 28.3 Å². The second kappa shape index (κ2) is 10.0. The van der Waals surface area contributed by atoms with Gasteiger partial charge >= 0.3 is 10.5 Å². The van der Waals surface area contributed by atoms with E-state index in [0.717, 1.165) is 34.8 Å². The van der Waals surface area contributed by atoms with Gasteiger partial charge in [-0.1, -0.05) is 55.5 Å². The minimum absolute atomic E-state index is 0.378. The largest absolute Gasteiger partial charge is 0.354 e. The molecule has 0 bridgehead atoms. The smallest absolute Gasteiger partial charge is 0.333 e. The molecule has 1 N–H and O–H groups in total. The van der Waals surface area contributed by atoms with E-state index in [1.54, 1.807) is 6.07 Å². The zero-order valence-corrected chi connectivity index (χ0v) is 20.1. The first-order valence-electron chi connectivity index (χ1n) is 11.0. The topological polar surface area (TPSA) is 82.1 Å². The van der Waals surface area contributed by atoms with Crippen LogP contribution in [-0.4, -0.2) is 33.3 Å². The summed E-state index contributed by atoms with van der Waals surface area (Å²) in [5.41, 5.74) is 5.89. The second-order valence-corrected chi connectivity index (χ2v) is 8.89. The molecule has 0 saturated carbocycles. The van der Waals surface area contributed by atoms with Crippen LogP contribution in [0.1, 0.15) is 29.2 Å². The maximum absolute atomic E-state index is 13.5. The molecule has 3 aromatic carbocycles. The van der Waals surface area contributed by atoms with Crippen molar-refractivity contribution in [1.82, 2.24) is 4.90 Å². The van der Waals surface area contributed by atoms with Crippen molar-refractivity contribution in [2.24, 2.45) is 4.47 Å². The molecular weight excluding hydrogens is 448 g/mol. The highest BCUT2D eigenvalue weighted by molar-refractivity contribution is 7.61. The molecule has 1 heterocycles. The van der Waals surface area contributed by atoms with Crippen LogP contribution in [0.15, 0.2) is 77.3 Å². The third kappa shape index (κ3) is 4.93. The molecule has 3 aromatic rings. The Morgan fingerprint density at radius 1 is 0.971 bits per heavy atom. The van der Waals surface area contributed by atoms with Crippen LogP contribution in [0.25, 0.3) is 11.3 Å². The average molecular weight is 475 g/mol. The third-order valence-electron chi connectivity index (χ3n) is 5.56. The van der Waals surface area contributed by atoms with E-state index in [9.17, 15) is 13.2 Å². The third-order valence-corrected chi connectivity index (χ3v) is 5.85. The molecule has 1 aliphatic rings. The molecule has 0 aromatic heterocycles. The highest BCUT2D eigenvalue weighted by Gasteiger charge is 2.36. The minimum atomic E-state index is -2.78. The number of carbonyl (C=O) groups is 1. The fourth-order valence-corrected chi connectivity index (χ4v) is 4.29. The normalized spacial score (nSPS) is 14.2. The number of hydrogen-bond acceptors (Lipinski definition) is 6. The van der Waals surface area contributed by atoms with Gasteiger partial charge in [-0.3, -0.25) is 4.79 Å². The molecule has 8 heteroatoms. The van der Waals surface area contributed by atoms with Gasteiger partial charge in [-0.25, -0.2) is 0 Å². The summed E-state index contributed by atoms with van der Waals surface area (Å²) in [6, 6.07) is 23.1. The van der Waals surface area contributed by atoms with E-state index in [-0.39, 0.29) is 0 Å². The number of aryl methyl sites for hydroxylation is 1. The predicted molar refractivity (Wildman–Crippen MR) is 135 cm³/mol. The Balaban J connectivity index is 1.90. The Kier molecular flexibility index (Phi) is 6.90. The number of nitrogens with one attached hydrogen (secondary N) is 1. The molecule has 0 spiro atoms. The van der Waals surface area contributed by atoms with Gasteiger partial charge in [0.25, 0.3) is 5.91 Å². The number of rotatable bonds is 7. The number of fused-ring (bicyclic) bond motifs is 1. The summed E-state index contributed by atoms with van der Waals surface area (Å²) < 4.78 is 26.3. The quantitative estimate of drug-likeness (QED) is 0.506. The molecule has 0 aliphatic carbocycles. The molecule has 0 saturated heterocycles. The Morgan fingerprint density at radius 2 is 1.65 bits per heavy atom. The van der Waals surface area contributed by atoms with Crippen molar-refractivity contribution in [1.29, 1.82) is 0 Å². The first kappa shape index (κ1) is 23.4. The summed E-state index contributed by atoms with van der Waals surface area (Å²) in [7, 11) is 1.26. The number of nitrogens with zero attached hydrogens (tertiary/aromatic N) is 3. The fourth-order valence-electron chi connectivity index (χ4n) is 3.99. The van der Waals surface area contributed by atoms with Crippen LogP contribution in [0.3, 0.4) is 0 Å². The Morgan fingerprint density at radius 3 is 2.26 bits per heavy atom. The first-order valence-corrected chi connectivity index (χ1v) is 12.0. The van der Waals surface area contributed by atoms with Crippen LogP contribution < -0.4 is 10.3 Å². The van der Waals surface area contributed by atoms with Gasteiger partial charge in [0.1, 0.15) is 0 Å². The highest BCUT2D eigenvalue weighted by atomic mass is 32.2. The lowest BCUT2D eigenvalue weighted by atomic mass is 9.98. The minimum Gasteiger partial charge on any atom is -0.354 e. The standard InChI is InChI=1S/C26H26N4O3S/c1-4-18-12-15-23-22(16-18)24(26(31)30(23)28-34(32)33)25(20-8-6-5-7-9-20)27-21-13-10-19(11-14-21)17-29(2)3/h5-16,27H,4,17H2,1-3H3. The van der Waals surface area contributed by atoms with E-state index in [1.807, 2.05) is 87.7 Å². The molecular formula is C26H26N4O3S. The average Bonchev–Trinajstić information content (AvgIpc) is 3.08. The van der Waals surface area contributed by atoms with Gasteiger partial charge in [0.15, 0.2) is 0 Å². The monoisotopic (exact) mass is 474 g/mol. The maximum Gasteiger partial charge on any atom is 0.333 e. The van der Waals surface area contributed by atoms with Crippen LogP contribution in [0.2, 0.25) is 0 Å². The summed E-state index contributed by atoms with van der Waals surface area (Å²) >= 11 is 0. The van der Waals surface area contributed by atoms with Crippen molar-refractivity contribution in [2.75, 3.05) is 24.4 Å². The van der Waals surface area contributed by atoms with Gasteiger partial charge in [-0.05, 0) is 65.9 Å². The number of carbonyl (C=O) groups excluding carboxylic acids is 1. The Labute approximate surface area is 201 Å². The van der Waals surface area contributed by atoms with E-state index >= 15 is 0 Å². The van der Waals surface area contributed by atoms with E-state index in [4.69, 9.17) is 0 Å². The van der Waals surface area contributed by atoms with Crippen LogP contribution in [0.5, 0.6) is 0 Å². The SMILES string of the molecule is CCc1ccc2c(c1)C(=C(Nc1ccc(CN(C)C)cc1)c1ccccc1)C(=O)N2N=S(=O)=O.